The predicted molar refractivity (Wildman–Crippen MR) is 78.9 cm³/mol. The molecule has 0 spiro atoms. The van der Waals surface area contributed by atoms with Gasteiger partial charge in [0.15, 0.2) is 0 Å². The fourth-order valence-corrected chi connectivity index (χ4v) is 6.23. The van der Waals surface area contributed by atoms with Crippen LogP contribution in [0.1, 0.15) is 64.7 Å². The second-order valence-corrected chi connectivity index (χ2v) is 8.00. The number of nitrogens with zero attached hydrogens (tertiary/aromatic N) is 1. The molecule has 6 unspecified atom stereocenters. The van der Waals surface area contributed by atoms with E-state index in [0.29, 0.717) is 6.04 Å². The zero-order valence-electron chi connectivity index (χ0n) is 12.4. The molecule has 2 aliphatic heterocycles. The Morgan fingerprint density at radius 1 is 0.947 bits per heavy atom. The van der Waals surface area contributed by atoms with Crippen LogP contribution in [0.15, 0.2) is 0 Å². The molecule has 0 aromatic heterocycles. The van der Waals surface area contributed by atoms with Crippen LogP contribution in [0.3, 0.4) is 0 Å². The van der Waals surface area contributed by atoms with E-state index in [1.54, 1.807) is 6.42 Å². The molecule has 2 nitrogen and oxygen atoms in total. The van der Waals surface area contributed by atoms with Gasteiger partial charge in [-0.15, -0.1) is 0 Å². The van der Waals surface area contributed by atoms with Gasteiger partial charge in [-0.2, -0.15) is 0 Å². The molecular formula is C17H30N2. The lowest BCUT2D eigenvalue weighted by Crippen LogP contribution is -2.60. The molecule has 2 heterocycles. The highest BCUT2D eigenvalue weighted by Crippen LogP contribution is 2.51. The molecule has 108 valence electrons. The third-order valence-electron chi connectivity index (χ3n) is 6.95. The molecule has 6 atom stereocenters. The summed E-state index contributed by atoms with van der Waals surface area (Å²) in [5.41, 5.74) is 6.27. The highest BCUT2D eigenvalue weighted by atomic mass is 15.2. The minimum absolute atomic E-state index is 0.485. The monoisotopic (exact) mass is 262 g/mol. The first-order valence-electron chi connectivity index (χ1n) is 8.75. The maximum absolute atomic E-state index is 6.27. The molecule has 2 saturated heterocycles. The van der Waals surface area contributed by atoms with Gasteiger partial charge in [-0.3, -0.25) is 4.90 Å². The van der Waals surface area contributed by atoms with Crippen LogP contribution < -0.4 is 5.73 Å². The summed E-state index contributed by atoms with van der Waals surface area (Å²) in [6, 6.07) is 2.95. The fraction of sp³-hybridized carbons (Fsp3) is 1.00. The Balaban J connectivity index is 1.51. The maximum Gasteiger partial charge on any atom is 0.0116 e. The van der Waals surface area contributed by atoms with Crippen LogP contribution in [0, 0.1) is 17.8 Å². The Kier molecular flexibility index (Phi) is 3.15. The fourth-order valence-electron chi connectivity index (χ4n) is 6.23. The summed E-state index contributed by atoms with van der Waals surface area (Å²) in [6.07, 6.45) is 13.0. The molecule has 4 fully saturated rings. The number of hydrogen-bond donors (Lipinski definition) is 1. The zero-order chi connectivity index (χ0) is 13.0. The van der Waals surface area contributed by atoms with Crippen molar-refractivity contribution in [3.63, 3.8) is 0 Å². The lowest BCUT2D eigenvalue weighted by molar-refractivity contribution is -0.0277. The predicted octanol–water partition coefficient (Wildman–Crippen LogP) is 3.16. The minimum Gasteiger partial charge on any atom is -0.328 e. The quantitative estimate of drug-likeness (QED) is 0.828. The topological polar surface area (TPSA) is 29.3 Å². The zero-order valence-corrected chi connectivity index (χ0v) is 12.4. The van der Waals surface area contributed by atoms with Gasteiger partial charge in [0, 0.05) is 24.2 Å². The average Bonchev–Trinajstić information content (AvgIpc) is 2.99. The lowest BCUT2D eigenvalue weighted by Gasteiger charge is -2.53. The molecule has 0 aromatic rings. The van der Waals surface area contributed by atoms with Crippen LogP contribution in [0.4, 0.5) is 0 Å². The van der Waals surface area contributed by atoms with Gasteiger partial charge < -0.3 is 5.73 Å². The Morgan fingerprint density at radius 2 is 1.68 bits per heavy atom. The van der Waals surface area contributed by atoms with E-state index in [1.807, 2.05) is 0 Å². The summed E-state index contributed by atoms with van der Waals surface area (Å²) in [7, 11) is 0. The summed E-state index contributed by atoms with van der Waals surface area (Å²) in [4.78, 5) is 2.94. The van der Waals surface area contributed by atoms with Crippen LogP contribution in [-0.4, -0.2) is 29.1 Å². The van der Waals surface area contributed by atoms with Crippen molar-refractivity contribution >= 4 is 0 Å². The van der Waals surface area contributed by atoms with Crippen molar-refractivity contribution in [1.82, 2.24) is 4.90 Å². The summed E-state index contributed by atoms with van der Waals surface area (Å²) in [5, 5.41) is 0. The van der Waals surface area contributed by atoms with E-state index in [-0.39, 0.29) is 0 Å². The second-order valence-electron chi connectivity index (χ2n) is 8.00. The van der Waals surface area contributed by atoms with Crippen molar-refractivity contribution in [3.05, 3.63) is 0 Å². The SMILES string of the molecule is CC(C1CC2CCC1C2)N1C2CCCC1CC(N)C2. The first-order chi connectivity index (χ1) is 9.22. The number of piperidine rings is 2. The normalized spacial score (nSPS) is 51.5. The highest BCUT2D eigenvalue weighted by molar-refractivity contribution is 5.01. The molecule has 0 amide bonds. The summed E-state index contributed by atoms with van der Waals surface area (Å²) in [5.74, 6) is 3.16. The van der Waals surface area contributed by atoms with Gasteiger partial charge in [0.1, 0.15) is 0 Å². The molecule has 4 rings (SSSR count). The Bertz CT molecular complexity index is 328. The van der Waals surface area contributed by atoms with E-state index in [4.69, 9.17) is 5.73 Å². The number of hydrogen-bond acceptors (Lipinski definition) is 2. The van der Waals surface area contributed by atoms with E-state index >= 15 is 0 Å². The van der Waals surface area contributed by atoms with Gasteiger partial charge in [-0.05, 0) is 69.6 Å². The summed E-state index contributed by atoms with van der Waals surface area (Å²) in [6.45, 7) is 2.55. The molecule has 0 aromatic carbocycles. The second kappa shape index (κ2) is 4.73. The molecule has 2 N–H and O–H groups in total. The lowest BCUT2D eigenvalue weighted by atomic mass is 9.76. The van der Waals surface area contributed by atoms with Crippen LogP contribution in [-0.2, 0) is 0 Å². The summed E-state index contributed by atoms with van der Waals surface area (Å²) < 4.78 is 0. The molecule has 4 aliphatic rings. The third kappa shape index (κ3) is 2.06. The minimum atomic E-state index is 0.485. The first kappa shape index (κ1) is 12.6. The van der Waals surface area contributed by atoms with E-state index in [0.717, 1.165) is 35.9 Å². The van der Waals surface area contributed by atoms with Crippen molar-refractivity contribution in [1.29, 1.82) is 0 Å². The van der Waals surface area contributed by atoms with Crippen LogP contribution in [0.25, 0.3) is 0 Å². The van der Waals surface area contributed by atoms with E-state index in [1.165, 1.54) is 51.4 Å². The van der Waals surface area contributed by atoms with Gasteiger partial charge in [0.25, 0.3) is 0 Å². The van der Waals surface area contributed by atoms with Gasteiger partial charge >= 0.3 is 0 Å². The van der Waals surface area contributed by atoms with Gasteiger partial charge in [0.2, 0.25) is 0 Å². The molecule has 4 bridgehead atoms. The molecule has 19 heavy (non-hydrogen) atoms. The first-order valence-corrected chi connectivity index (χ1v) is 8.75. The van der Waals surface area contributed by atoms with Crippen molar-refractivity contribution in [2.45, 2.75) is 88.9 Å². The van der Waals surface area contributed by atoms with Crippen LogP contribution in [0.5, 0.6) is 0 Å². The van der Waals surface area contributed by atoms with E-state index < -0.39 is 0 Å². The molecule has 0 radical (unpaired) electrons. The van der Waals surface area contributed by atoms with Crippen molar-refractivity contribution < 1.29 is 0 Å². The number of nitrogens with two attached hydrogens (primary N) is 1. The molecular weight excluding hydrogens is 232 g/mol. The van der Waals surface area contributed by atoms with E-state index in [2.05, 4.69) is 11.8 Å². The maximum atomic E-state index is 6.27. The van der Waals surface area contributed by atoms with Gasteiger partial charge in [-0.1, -0.05) is 12.8 Å². The van der Waals surface area contributed by atoms with Crippen molar-refractivity contribution in [3.8, 4) is 0 Å². The summed E-state index contributed by atoms with van der Waals surface area (Å²) >= 11 is 0. The smallest absolute Gasteiger partial charge is 0.0116 e. The van der Waals surface area contributed by atoms with E-state index in [9.17, 15) is 0 Å². The van der Waals surface area contributed by atoms with Crippen molar-refractivity contribution in [2.75, 3.05) is 0 Å². The average molecular weight is 262 g/mol. The standard InChI is InChI=1S/C17H30N2/c1-11(17-8-12-5-6-13(17)7-12)19-15-3-2-4-16(19)10-14(18)9-15/h11-17H,2-10,18H2,1H3. The number of fused-ring (bicyclic) bond motifs is 4. The Hall–Kier alpha value is -0.0800. The Labute approximate surface area is 118 Å². The van der Waals surface area contributed by atoms with Gasteiger partial charge in [0.05, 0.1) is 0 Å². The molecule has 2 aliphatic carbocycles. The highest BCUT2D eigenvalue weighted by Gasteiger charge is 2.47. The Morgan fingerprint density at radius 3 is 2.26 bits per heavy atom. The third-order valence-corrected chi connectivity index (χ3v) is 6.95. The van der Waals surface area contributed by atoms with Crippen LogP contribution in [0.2, 0.25) is 0 Å². The van der Waals surface area contributed by atoms with Gasteiger partial charge in [-0.25, -0.2) is 0 Å². The number of rotatable bonds is 2. The van der Waals surface area contributed by atoms with Crippen LogP contribution >= 0.6 is 0 Å². The largest absolute Gasteiger partial charge is 0.328 e. The van der Waals surface area contributed by atoms with Crippen molar-refractivity contribution in [2.24, 2.45) is 23.5 Å². The molecule has 2 heteroatoms. The molecule has 2 saturated carbocycles.